The third-order valence-corrected chi connectivity index (χ3v) is 1.91. The topological polar surface area (TPSA) is 9.23 Å². The summed E-state index contributed by atoms with van der Waals surface area (Å²) < 4.78 is 54.5. The van der Waals surface area contributed by atoms with E-state index >= 15 is 0 Å². The molecule has 0 spiro atoms. The van der Waals surface area contributed by atoms with Crippen LogP contribution in [-0.4, -0.2) is 11.9 Å². The molecule has 0 radical (unpaired) electrons. The second kappa shape index (κ2) is 4.83. The number of rotatable bonds is 3. The summed E-state index contributed by atoms with van der Waals surface area (Å²) in [6.07, 6.45) is -4.70. The van der Waals surface area contributed by atoms with Gasteiger partial charge >= 0.3 is 6.18 Å². The Hall–Kier alpha value is -0.780. The maximum absolute atomic E-state index is 12.8. The van der Waals surface area contributed by atoms with Crippen molar-refractivity contribution in [1.82, 2.24) is 0 Å². The molecule has 0 aliphatic rings. The molecule has 0 aromatic heterocycles. The summed E-state index contributed by atoms with van der Waals surface area (Å²) in [7, 11) is 0. The highest BCUT2D eigenvalue weighted by molar-refractivity contribution is 9.09. The second-order valence-corrected chi connectivity index (χ2v) is 3.47. The van der Waals surface area contributed by atoms with Gasteiger partial charge in [-0.25, -0.2) is 4.39 Å². The van der Waals surface area contributed by atoms with Crippen LogP contribution in [-0.2, 0) is 6.18 Å². The Balaban J connectivity index is 2.95. The fourth-order valence-corrected chi connectivity index (χ4v) is 1.13. The lowest BCUT2D eigenvalue weighted by Gasteiger charge is -2.10. The van der Waals surface area contributed by atoms with Crippen molar-refractivity contribution in [3.8, 4) is 5.75 Å². The minimum absolute atomic E-state index is 0.00294. The Morgan fingerprint density at radius 2 is 1.93 bits per heavy atom. The summed E-state index contributed by atoms with van der Waals surface area (Å²) in [5, 5.41) is 0.492. The predicted molar refractivity (Wildman–Crippen MR) is 50.7 cm³/mol. The molecular weight excluding hydrogens is 280 g/mol. The van der Waals surface area contributed by atoms with Gasteiger partial charge in [0.2, 0.25) is 0 Å². The molecule has 0 aliphatic carbocycles. The highest BCUT2D eigenvalue weighted by Gasteiger charge is 2.34. The van der Waals surface area contributed by atoms with Crippen LogP contribution in [0.15, 0.2) is 18.2 Å². The van der Waals surface area contributed by atoms with Crippen LogP contribution in [0.5, 0.6) is 5.75 Å². The van der Waals surface area contributed by atoms with Crippen LogP contribution in [0.3, 0.4) is 0 Å². The minimum Gasteiger partial charge on any atom is -0.493 e. The SMILES string of the molecule is Fc1ccc(OCCBr)cc1C(F)(F)F. The summed E-state index contributed by atoms with van der Waals surface area (Å²) in [4.78, 5) is 0. The molecule has 0 saturated heterocycles. The van der Waals surface area contributed by atoms with E-state index in [1.54, 1.807) is 0 Å². The van der Waals surface area contributed by atoms with E-state index in [4.69, 9.17) is 4.74 Å². The summed E-state index contributed by atoms with van der Waals surface area (Å²) >= 11 is 3.06. The van der Waals surface area contributed by atoms with Crippen molar-refractivity contribution in [1.29, 1.82) is 0 Å². The smallest absolute Gasteiger partial charge is 0.419 e. The molecular formula is C9H7BrF4O. The number of hydrogen-bond acceptors (Lipinski definition) is 1. The van der Waals surface area contributed by atoms with Gasteiger partial charge in [-0.3, -0.25) is 0 Å². The summed E-state index contributed by atoms with van der Waals surface area (Å²) in [6.45, 7) is 0.225. The van der Waals surface area contributed by atoms with Gasteiger partial charge in [0.15, 0.2) is 0 Å². The molecule has 0 fully saturated rings. The zero-order valence-electron chi connectivity index (χ0n) is 7.44. The van der Waals surface area contributed by atoms with Gasteiger partial charge in [0.05, 0.1) is 12.2 Å². The zero-order valence-corrected chi connectivity index (χ0v) is 9.03. The molecule has 0 aliphatic heterocycles. The second-order valence-electron chi connectivity index (χ2n) is 2.68. The lowest BCUT2D eigenvalue weighted by atomic mass is 10.2. The molecule has 0 N–H and O–H groups in total. The van der Waals surface area contributed by atoms with E-state index in [2.05, 4.69) is 15.9 Å². The Morgan fingerprint density at radius 3 is 2.47 bits per heavy atom. The van der Waals surface area contributed by atoms with Crippen molar-refractivity contribution in [2.24, 2.45) is 0 Å². The van der Waals surface area contributed by atoms with Crippen LogP contribution >= 0.6 is 15.9 Å². The van der Waals surface area contributed by atoms with E-state index in [0.717, 1.165) is 12.1 Å². The van der Waals surface area contributed by atoms with Crippen LogP contribution in [0, 0.1) is 5.82 Å². The van der Waals surface area contributed by atoms with E-state index in [1.807, 2.05) is 0 Å². The minimum atomic E-state index is -4.70. The highest BCUT2D eigenvalue weighted by atomic mass is 79.9. The van der Waals surface area contributed by atoms with Crippen molar-refractivity contribution in [3.63, 3.8) is 0 Å². The van der Waals surface area contributed by atoms with Gasteiger partial charge in [-0.05, 0) is 18.2 Å². The molecule has 6 heteroatoms. The number of ether oxygens (including phenoxy) is 1. The van der Waals surface area contributed by atoms with Gasteiger partial charge < -0.3 is 4.74 Å². The van der Waals surface area contributed by atoms with Gasteiger partial charge in [-0.15, -0.1) is 0 Å². The summed E-state index contributed by atoms with van der Waals surface area (Å²) in [6, 6.07) is 2.55. The first-order valence-electron chi connectivity index (χ1n) is 4.00. The van der Waals surface area contributed by atoms with E-state index < -0.39 is 17.6 Å². The molecule has 1 aromatic rings. The molecule has 15 heavy (non-hydrogen) atoms. The van der Waals surface area contributed by atoms with Crippen molar-refractivity contribution < 1.29 is 22.3 Å². The molecule has 1 nitrogen and oxygen atoms in total. The van der Waals surface area contributed by atoms with Gasteiger partial charge in [-0.2, -0.15) is 13.2 Å². The third kappa shape index (κ3) is 3.37. The first-order chi connectivity index (χ1) is 6.95. The lowest BCUT2D eigenvalue weighted by Crippen LogP contribution is -2.09. The monoisotopic (exact) mass is 286 g/mol. The zero-order chi connectivity index (χ0) is 11.5. The largest absolute Gasteiger partial charge is 0.493 e. The average molecular weight is 287 g/mol. The standard InChI is InChI=1S/C9H7BrF4O/c10-3-4-15-6-1-2-8(11)7(5-6)9(12,13)14/h1-2,5H,3-4H2. The van der Waals surface area contributed by atoms with E-state index in [-0.39, 0.29) is 12.4 Å². The average Bonchev–Trinajstić information content (AvgIpc) is 2.15. The van der Waals surface area contributed by atoms with Gasteiger partial charge in [0.1, 0.15) is 11.6 Å². The van der Waals surface area contributed by atoms with Gasteiger partial charge in [0, 0.05) is 5.33 Å². The molecule has 0 heterocycles. The van der Waals surface area contributed by atoms with Gasteiger partial charge in [0.25, 0.3) is 0 Å². The predicted octanol–water partition coefficient (Wildman–Crippen LogP) is 3.62. The first kappa shape index (κ1) is 12.3. The van der Waals surface area contributed by atoms with E-state index in [9.17, 15) is 17.6 Å². The number of halogens is 5. The Bertz CT molecular complexity index is 337. The molecule has 84 valence electrons. The molecule has 0 atom stereocenters. The molecule has 1 rings (SSSR count). The normalized spacial score (nSPS) is 11.5. The number of benzene rings is 1. The number of alkyl halides is 4. The third-order valence-electron chi connectivity index (χ3n) is 1.59. The molecule has 0 bridgehead atoms. The molecule has 1 aromatic carbocycles. The van der Waals surface area contributed by atoms with Crippen LogP contribution < -0.4 is 4.74 Å². The van der Waals surface area contributed by atoms with Crippen molar-refractivity contribution >= 4 is 15.9 Å². The highest BCUT2D eigenvalue weighted by Crippen LogP contribution is 2.33. The molecule has 0 amide bonds. The van der Waals surface area contributed by atoms with Crippen molar-refractivity contribution in [2.45, 2.75) is 6.18 Å². The lowest BCUT2D eigenvalue weighted by molar-refractivity contribution is -0.140. The van der Waals surface area contributed by atoms with Crippen LogP contribution in [0.4, 0.5) is 17.6 Å². The fourth-order valence-electron chi connectivity index (χ4n) is 0.968. The fraction of sp³-hybridized carbons (Fsp3) is 0.333. The molecule has 0 unspecified atom stereocenters. The Morgan fingerprint density at radius 1 is 1.27 bits per heavy atom. The Kier molecular flexibility index (Phi) is 3.96. The maximum Gasteiger partial charge on any atom is 0.419 e. The van der Waals surface area contributed by atoms with E-state index in [1.165, 1.54) is 0 Å². The Labute approximate surface area is 92.2 Å². The number of hydrogen-bond donors (Lipinski definition) is 0. The summed E-state index contributed by atoms with van der Waals surface area (Å²) in [5.74, 6) is -1.29. The quantitative estimate of drug-likeness (QED) is 0.609. The van der Waals surface area contributed by atoms with Crippen molar-refractivity contribution in [2.75, 3.05) is 11.9 Å². The first-order valence-corrected chi connectivity index (χ1v) is 5.13. The molecule has 0 saturated carbocycles. The van der Waals surface area contributed by atoms with Crippen LogP contribution in [0.25, 0.3) is 0 Å². The van der Waals surface area contributed by atoms with Crippen molar-refractivity contribution in [3.05, 3.63) is 29.6 Å². The maximum atomic E-state index is 12.8. The van der Waals surface area contributed by atoms with Crippen LogP contribution in [0.1, 0.15) is 5.56 Å². The summed E-state index contributed by atoms with van der Waals surface area (Å²) in [5.41, 5.74) is -1.31. The van der Waals surface area contributed by atoms with Gasteiger partial charge in [-0.1, -0.05) is 15.9 Å². The van der Waals surface area contributed by atoms with Crippen LogP contribution in [0.2, 0.25) is 0 Å². The van der Waals surface area contributed by atoms with E-state index in [0.29, 0.717) is 11.4 Å².